The van der Waals surface area contributed by atoms with Gasteiger partial charge in [-0.2, -0.15) is 26.3 Å². The highest BCUT2D eigenvalue weighted by atomic mass is 19.4. The molecule has 0 saturated heterocycles. The molecule has 4 atom stereocenters. The molecule has 0 aliphatic heterocycles. The maximum atomic E-state index is 12.8. The van der Waals surface area contributed by atoms with E-state index in [9.17, 15) is 31.4 Å². The number of aliphatic hydroxyl groups is 1. The molecule has 2 rings (SSSR count). The van der Waals surface area contributed by atoms with Gasteiger partial charge in [0, 0.05) is 0 Å². The van der Waals surface area contributed by atoms with Gasteiger partial charge in [-0.25, -0.2) is 0 Å². The van der Waals surface area contributed by atoms with Crippen molar-refractivity contribution >= 4 is 0 Å². The van der Waals surface area contributed by atoms with Gasteiger partial charge in [-0.1, -0.05) is 6.58 Å². The molecule has 2 fully saturated rings. The first kappa shape index (κ1) is 17.4. The van der Waals surface area contributed by atoms with E-state index in [2.05, 4.69) is 6.58 Å². The summed E-state index contributed by atoms with van der Waals surface area (Å²) in [6.07, 6.45) is -9.92. The molecule has 0 amide bonds. The molecule has 0 aromatic heterocycles. The highest BCUT2D eigenvalue weighted by Gasteiger charge is 2.71. The number of hydrogen-bond donors (Lipinski definition) is 1. The molecule has 0 aromatic rings. The number of rotatable bonds is 4. The largest absolute Gasteiger partial charge is 0.499 e. The minimum Gasteiger partial charge on any atom is -0.499 e. The zero-order valence-electron chi connectivity index (χ0n) is 11.8. The predicted molar refractivity (Wildman–Crippen MR) is 65.7 cm³/mol. The van der Waals surface area contributed by atoms with Crippen LogP contribution in [0.25, 0.3) is 0 Å². The van der Waals surface area contributed by atoms with E-state index < -0.39 is 30.3 Å². The van der Waals surface area contributed by atoms with Crippen LogP contribution in [-0.4, -0.2) is 29.2 Å². The second kappa shape index (κ2) is 5.62. The minimum atomic E-state index is -5.74. The van der Waals surface area contributed by atoms with E-state index >= 15 is 0 Å². The number of hydrogen-bond acceptors (Lipinski definition) is 2. The van der Waals surface area contributed by atoms with Crippen molar-refractivity contribution in [2.24, 2.45) is 17.8 Å². The average molecular weight is 332 g/mol. The van der Waals surface area contributed by atoms with Crippen LogP contribution in [0.4, 0.5) is 26.3 Å². The fraction of sp³-hybridized carbons (Fsp3) is 0.857. The van der Waals surface area contributed by atoms with Crippen LogP contribution in [0.2, 0.25) is 0 Å². The molecule has 8 heteroatoms. The fourth-order valence-corrected chi connectivity index (χ4v) is 3.89. The number of halogens is 6. The molecule has 1 N–H and O–H groups in total. The Labute approximate surface area is 124 Å². The first-order valence-corrected chi connectivity index (χ1v) is 7.10. The molecule has 2 saturated carbocycles. The van der Waals surface area contributed by atoms with Crippen LogP contribution >= 0.6 is 0 Å². The van der Waals surface area contributed by atoms with E-state index in [0.29, 0.717) is 19.3 Å². The topological polar surface area (TPSA) is 29.5 Å². The van der Waals surface area contributed by atoms with E-state index in [-0.39, 0.29) is 24.4 Å². The van der Waals surface area contributed by atoms with Gasteiger partial charge in [0.2, 0.25) is 0 Å². The summed E-state index contributed by atoms with van der Waals surface area (Å²) in [5.41, 5.74) is -4.64. The van der Waals surface area contributed by atoms with Crippen molar-refractivity contribution in [1.29, 1.82) is 0 Å². The van der Waals surface area contributed by atoms with Gasteiger partial charge in [0.1, 0.15) is 0 Å². The lowest BCUT2D eigenvalue weighted by Gasteiger charge is -2.36. The first-order chi connectivity index (χ1) is 9.98. The van der Waals surface area contributed by atoms with Crippen molar-refractivity contribution in [3.8, 4) is 0 Å². The molecular formula is C14H18F6O2. The SMILES string of the molecule is C=COC1CC2CC(C1)C(CC(O)(C(F)(F)F)C(F)(F)F)C2. The van der Waals surface area contributed by atoms with E-state index in [4.69, 9.17) is 4.74 Å². The lowest BCUT2D eigenvalue weighted by atomic mass is 9.80. The standard InChI is InChI=1S/C14H18F6O2/c1-2-22-11-5-8-3-9(6-11)10(4-8)7-12(21,13(15,16)17)14(18,19)20/h2,8-11,21H,1,3-7H2. The lowest BCUT2D eigenvalue weighted by molar-refractivity contribution is -0.373. The quantitative estimate of drug-likeness (QED) is 0.618. The molecule has 2 nitrogen and oxygen atoms in total. The molecular weight excluding hydrogens is 314 g/mol. The van der Waals surface area contributed by atoms with Gasteiger partial charge in [0.15, 0.2) is 0 Å². The van der Waals surface area contributed by atoms with Crippen LogP contribution in [0.5, 0.6) is 0 Å². The Balaban J connectivity index is 2.14. The third-order valence-corrected chi connectivity index (χ3v) is 4.88. The smallest absolute Gasteiger partial charge is 0.426 e. The summed E-state index contributed by atoms with van der Waals surface area (Å²) in [4.78, 5) is 0. The Morgan fingerprint density at radius 1 is 1.00 bits per heavy atom. The van der Waals surface area contributed by atoms with E-state index in [1.165, 1.54) is 6.26 Å². The first-order valence-electron chi connectivity index (χ1n) is 7.10. The van der Waals surface area contributed by atoms with Crippen LogP contribution in [0.3, 0.4) is 0 Å². The van der Waals surface area contributed by atoms with Gasteiger partial charge in [-0.3, -0.25) is 0 Å². The van der Waals surface area contributed by atoms with Gasteiger partial charge in [0.05, 0.1) is 12.4 Å². The fourth-order valence-electron chi connectivity index (χ4n) is 3.89. The minimum absolute atomic E-state index is 0.0411. The Morgan fingerprint density at radius 3 is 2.09 bits per heavy atom. The van der Waals surface area contributed by atoms with Crippen LogP contribution in [0.1, 0.15) is 32.1 Å². The molecule has 2 bridgehead atoms. The molecule has 0 aromatic carbocycles. The zero-order valence-corrected chi connectivity index (χ0v) is 11.8. The molecule has 22 heavy (non-hydrogen) atoms. The summed E-state index contributed by atoms with van der Waals surface area (Å²) in [5.74, 6) is -1.06. The van der Waals surface area contributed by atoms with Gasteiger partial charge in [0.25, 0.3) is 5.60 Å². The number of fused-ring (bicyclic) bond motifs is 2. The van der Waals surface area contributed by atoms with Gasteiger partial charge >= 0.3 is 12.4 Å². The normalized spacial score (nSPS) is 32.9. The van der Waals surface area contributed by atoms with Gasteiger partial charge in [-0.15, -0.1) is 0 Å². The third kappa shape index (κ3) is 3.07. The number of ether oxygens (including phenoxy) is 1. The van der Waals surface area contributed by atoms with E-state index in [0.717, 1.165) is 0 Å². The van der Waals surface area contributed by atoms with Crippen LogP contribution in [0, 0.1) is 17.8 Å². The lowest BCUT2D eigenvalue weighted by Crippen LogP contribution is -2.58. The maximum Gasteiger partial charge on any atom is 0.426 e. The van der Waals surface area contributed by atoms with Crippen LogP contribution < -0.4 is 0 Å². The summed E-state index contributed by atoms with van der Waals surface area (Å²) in [5, 5.41) is 9.34. The van der Waals surface area contributed by atoms with Crippen molar-refractivity contribution in [1.82, 2.24) is 0 Å². The van der Waals surface area contributed by atoms with Crippen LogP contribution in [0.15, 0.2) is 12.8 Å². The second-order valence-electron chi connectivity index (χ2n) is 6.31. The van der Waals surface area contributed by atoms with Crippen molar-refractivity contribution in [2.45, 2.75) is 56.2 Å². The molecule has 0 radical (unpaired) electrons. The summed E-state index contributed by atoms with van der Waals surface area (Å²) in [6, 6.07) is 0. The van der Waals surface area contributed by atoms with Crippen molar-refractivity contribution in [2.75, 3.05) is 0 Å². The van der Waals surface area contributed by atoms with E-state index in [1.807, 2.05) is 0 Å². The average Bonchev–Trinajstić information content (AvgIpc) is 2.61. The Bertz CT molecular complexity index is 403. The Kier molecular flexibility index (Phi) is 4.45. The Hall–Kier alpha value is -0.920. The molecule has 2 aliphatic carbocycles. The number of alkyl halides is 6. The van der Waals surface area contributed by atoms with E-state index in [1.54, 1.807) is 0 Å². The highest BCUT2D eigenvalue weighted by Crippen LogP contribution is 2.54. The monoisotopic (exact) mass is 332 g/mol. The maximum absolute atomic E-state index is 12.8. The highest BCUT2D eigenvalue weighted by molar-refractivity contribution is 5.00. The molecule has 0 spiro atoms. The third-order valence-electron chi connectivity index (χ3n) is 4.88. The summed E-state index contributed by atoms with van der Waals surface area (Å²) in [7, 11) is 0. The molecule has 128 valence electrons. The molecule has 4 unspecified atom stereocenters. The van der Waals surface area contributed by atoms with Gasteiger partial charge < -0.3 is 9.84 Å². The zero-order chi connectivity index (χ0) is 16.8. The predicted octanol–water partition coefficient (Wildman–Crippen LogP) is 4.20. The summed E-state index contributed by atoms with van der Waals surface area (Å²) < 4.78 is 82.0. The van der Waals surface area contributed by atoms with Gasteiger partial charge in [-0.05, 0) is 49.9 Å². The Morgan fingerprint density at radius 2 is 1.59 bits per heavy atom. The summed E-state index contributed by atoms with van der Waals surface area (Å²) in [6.45, 7) is 3.41. The van der Waals surface area contributed by atoms with Crippen molar-refractivity contribution < 1.29 is 36.2 Å². The van der Waals surface area contributed by atoms with Crippen molar-refractivity contribution in [3.05, 3.63) is 12.8 Å². The summed E-state index contributed by atoms with van der Waals surface area (Å²) >= 11 is 0. The van der Waals surface area contributed by atoms with Crippen molar-refractivity contribution in [3.63, 3.8) is 0 Å². The molecule has 2 aliphatic rings. The second-order valence-corrected chi connectivity index (χ2v) is 6.31. The van der Waals surface area contributed by atoms with Crippen LogP contribution in [-0.2, 0) is 4.74 Å². The molecule has 0 heterocycles.